The molecular formula is C13H25NO. The van der Waals surface area contributed by atoms with E-state index < -0.39 is 0 Å². The molecule has 3 unspecified atom stereocenters. The van der Waals surface area contributed by atoms with E-state index in [1.165, 1.54) is 38.6 Å². The molecule has 88 valence electrons. The van der Waals surface area contributed by atoms with E-state index >= 15 is 0 Å². The van der Waals surface area contributed by atoms with Crippen LogP contribution in [0.3, 0.4) is 0 Å². The number of methoxy groups -OCH3 is 1. The van der Waals surface area contributed by atoms with E-state index in [1.54, 1.807) is 7.11 Å². The van der Waals surface area contributed by atoms with E-state index in [9.17, 15) is 0 Å². The summed E-state index contributed by atoms with van der Waals surface area (Å²) in [6, 6.07) is 0. The first kappa shape index (κ1) is 11.4. The van der Waals surface area contributed by atoms with Crippen LogP contribution in [0.5, 0.6) is 0 Å². The maximum atomic E-state index is 5.07. The Bertz CT molecular complexity index is 207. The molecule has 15 heavy (non-hydrogen) atoms. The predicted molar refractivity (Wildman–Crippen MR) is 62.9 cm³/mol. The Morgan fingerprint density at radius 1 is 1.40 bits per heavy atom. The van der Waals surface area contributed by atoms with Crippen molar-refractivity contribution in [2.24, 2.45) is 17.3 Å². The highest BCUT2D eigenvalue weighted by molar-refractivity contribution is 5.00. The first-order valence-corrected chi connectivity index (χ1v) is 6.50. The average Bonchev–Trinajstić information content (AvgIpc) is 2.85. The summed E-state index contributed by atoms with van der Waals surface area (Å²) in [6.07, 6.45) is 7.34. The molecule has 0 aliphatic heterocycles. The monoisotopic (exact) mass is 211 g/mol. The molecule has 2 fully saturated rings. The maximum absolute atomic E-state index is 5.07. The fraction of sp³-hybridized carbons (Fsp3) is 1.00. The van der Waals surface area contributed by atoms with Crippen LogP contribution in [0.15, 0.2) is 0 Å². The lowest BCUT2D eigenvalue weighted by Gasteiger charge is -2.37. The minimum absolute atomic E-state index is 0.636. The molecule has 2 saturated carbocycles. The summed E-state index contributed by atoms with van der Waals surface area (Å²) < 4.78 is 5.07. The van der Waals surface area contributed by atoms with Crippen molar-refractivity contribution < 1.29 is 4.74 Å². The fourth-order valence-corrected chi connectivity index (χ4v) is 3.84. The summed E-state index contributed by atoms with van der Waals surface area (Å²) in [5.41, 5.74) is 0.636. The highest BCUT2D eigenvalue weighted by Gasteiger charge is 2.49. The number of fused-ring (bicyclic) bond motifs is 2. The van der Waals surface area contributed by atoms with E-state index in [0.717, 1.165) is 25.0 Å². The van der Waals surface area contributed by atoms with Gasteiger partial charge in [-0.25, -0.2) is 0 Å². The Hall–Kier alpha value is -0.0800. The lowest BCUT2D eigenvalue weighted by Crippen LogP contribution is -2.39. The smallest absolute Gasteiger partial charge is 0.0587 e. The molecule has 3 atom stereocenters. The Morgan fingerprint density at radius 2 is 2.27 bits per heavy atom. The van der Waals surface area contributed by atoms with E-state index in [-0.39, 0.29) is 0 Å². The van der Waals surface area contributed by atoms with Crippen LogP contribution in [0.25, 0.3) is 0 Å². The molecule has 2 bridgehead atoms. The topological polar surface area (TPSA) is 21.3 Å². The number of ether oxygens (including phenoxy) is 1. The third-order valence-corrected chi connectivity index (χ3v) is 4.77. The van der Waals surface area contributed by atoms with Crippen LogP contribution < -0.4 is 5.32 Å². The van der Waals surface area contributed by atoms with Crippen molar-refractivity contribution in [1.82, 2.24) is 5.32 Å². The van der Waals surface area contributed by atoms with Crippen LogP contribution in [0.2, 0.25) is 0 Å². The zero-order chi connectivity index (χ0) is 10.7. The van der Waals surface area contributed by atoms with E-state index in [4.69, 9.17) is 4.74 Å². The van der Waals surface area contributed by atoms with Gasteiger partial charge >= 0.3 is 0 Å². The number of rotatable bonds is 6. The second-order valence-electron chi connectivity index (χ2n) is 5.47. The van der Waals surface area contributed by atoms with Crippen molar-refractivity contribution in [3.05, 3.63) is 0 Å². The van der Waals surface area contributed by atoms with Gasteiger partial charge in [0, 0.05) is 20.2 Å². The van der Waals surface area contributed by atoms with E-state index in [1.807, 2.05) is 0 Å². The Balaban J connectivity index is 1.81. The molecule has 0 aromatic heterocycles. The summed E-state index contributed by atoms with van der Waals surface area (Å²) in [4.78, 5) is 0. The lowest BCUT2D eigenvalue weighted by atomic mass is 9.71. The van der Waals surface area contributed by atoms with Crippen LogP contribution in [-0.4, -0.2) is 26.8 Å². The van der Waals surface area contributed by atoms with Gasteiger partial charge in [0.25, 0.3) is 0 Å². The second-order valence-corrected chi connectivity index (χ2v) is 5.47. The van der Waals surface area contributed by atoms with E-state index in [2.05, 4.69) is 12.2 Å². The third-order valence-electron chi connectivity index (χ3n) is 4.77. The molecule has 0 saturated heterocycles. The predicted octanol–water partition coefficient (Wildman–Crippen LogP) is 2.44. The summed E-state index contributed by atoms with van der Waals surface area (Å²) in [5.74, 6) is 2.07. The Morgan fingerprint density at radius 3 is 2.80 bits per heavy atom. The van der Waals surface area contributed by atoms with Crippen LogP contribution in [0.1, 0.15) is 39.0 Å². The lowest BCUT2D eigenvalue weighted by molar-refractivity contribution is 0.140. The maximum Gasteiger partial charge on any atom is 0.0587 e. The van der Waals surface area contributed by atoms with E-state index in [0.29, 0.717) is 5.41 Å². The van der Waals surface area contributed by atoms with Gasteiger partial charge in [-0.3, -0.25) is 0 Å². The Kier molecular flexibility index (Phi) is 3.68. The average molecular weight is 211 g/mol. The molecule has 2 nitrogen and oxygen atoms in total. The largest absolute Gasteiger partial charge is 0.383 e. The van der Waals surface area contributed by atoms with Crippen LogP contribution in [0, 0.1) is 17.3 Å². The van der Waals surface area contributed by atoms with Crippen LogP contribution in [-0.2, 0) is 4.74 Å². The summed E-state index contributed by atoms with van der Waals surface area (Å²) in [6.45, 7) is 5.44. The molecule has 0 spiro atoms. The van der Waals surface area contributed by atoms with Gasteiger partial charge in [-0.15, -0.1) is 0 Å². The fourth-order valence-electron chi connectivity index (χ4n) is 3.84. The summed E-state index contributed by atoms with van der Waals surface area (Å²) in [5, 5.41) is 3.58. The molecule has 0 aromatic rings. The quantitative estimate of drug-likeness (QED) is 0.681. The zero-order valence-electron chi connectivity index (χ0n) is 10.2. The van der Waals surface area contributed by atoms with Gasteiger partial charge < -0.3 is 10.1 Å². The van der Waals surface area contributed by atoms with Gasteiger partial charge in [0.1, 0.15) is 0 Å². The normalized spacial score (nSPS) is 38.8. The van der Waals surface area contributed by atoms with Gasteiger partial charge in [0.05, 0.1) is 6.61 Å². The molecule has 2 aliphatic carbocycles. The molecular weight excluding hydrogens is 186 g/mol. The van der Waals surface area contributed by atoms with Crippen LogP contribution >= 0.6 is 0 Å². The van der Waals surface area contributed by atoms with Gasteiger partial charge in [-0.1, -0.05) is 13.3 Å². The standard InChI is InChI=1S/C13H25NO/c1-3-13(10-14-6-7-15-2)9-11-4-5-12(13)8-11/h11-12,14H,3-10H2,1-2H3. The van der Waals surface area contributed by atoms with Gasteiger partial charge in [-0.2, -0.15) is 0 Å². The van der Waals surface area contributed by atoms with Gasteiger partial charge in [0.2, 0.25) is 0 Å². The van der Waals surface area contributed by atoms with Crippen molar-refractivity contribution in [1.29, 1.82) is 0 Å². The molecule has 2 heteroatoms. The Labute approximate surface area is 93.8 Å². The molecule has 0 amide bonds. The molecule has 0 heterocycles. The van der Waals surface area contributed by atoms with Gasteiger partial charge in [0.15, 0.2) is 0 Å². The highest BCUT2D eigenvalue weighted by atomic mass is 16.5. The minimum Gasteiger partial charge on any atom is -0.383 e. The van der Waals surface area contributed by atoms with Gasteiger partial charge in [-0.05, 0) is 42.9 Å². The first-order valence-electron chi connectivity index (χ1n) is 6.50. The molecule has 2 aliphatic rings. The zero-order valence-corrected chi connectivity index (χ0v) is 10.2. The molecule has 1 N–H and O–H groups in total. The second kappa shape index (κ2) is 4.84. The SMILES string of the molecule is CCC1(CNCCOC)CC2CCC1C2. The van der Waals surface area contributed by atoms with Crippen molar-refractivity contribution in [2.45, 2.75) is 39.0 Å². The number of nitrogens with one attached hydrogen (secondary N) is 1. The molecule has 2 rings (SSSR count). The minimum atomic E-state index is 0.636. The molecule has 0 aromatic carbocycles. The number of hydrogen-bond donors (Lipinski definition) is 1. The summed E-state index contributed by atoms with van der Waals surface area (Å²) >= 11 is 0. The third kappa shape index (κ3) is 2.21. The van der Waals surface area contributed by atoms with Crippen molar-refractivity contribution in [3.63, 3.8) is 0 Å². The van der Waals surface area contributed by atoms with Crippen molar-refractivity contribution in [2.75, 3.05) is 26.8 Å². The highest BCUT2D eigenvalue weighted by Crippen LogP contribution is 2.57. The number of hydrogen-bond acceptors (Lipinski definition) is 2. The van der Waals surface area contributed by atoms with Crippen molar-refractivity contribution >= 4 is 0 Å². The van der Waals surface area contributed by atoms with Crippen LogP contribution in [0.4, 0.5) is 0 Å². The first-order chi connectivity index (χ1) is 7.30. The molecule has 0 radical (unpaired) electrons. The van der Waals surface area contributed by atoms with Crippen molar-refractivity contribution in [3.8, 4) is 0 Å². The summed E-state index contributed by atoms with van der Waals surface area (Å²) in [7, 11) is 1.77.